The molecule has 0 saturated carbocycles. The van der Waals surface area contributed by atoms with Crippen molar-refractivity contribution in [3.63, 3.8) is 0 Å². The Morgan fingerprint density at radius 2 is 1.48 bits per heavy atom. The zero-order chi connectivity index (χ0) is 17.3. The first kappa shape index (κ1) is 18.9. The molecule has 2 heterocycles. The number of aliphatic hydroxyl groups excluding tert-OH is 6. The van der Waals surface area contributed by atoms with E-state index in [1.807, 2.05) is 0 Å². The lowest BCUT2D eigenvalue weighted by molar-refractivity contribution is -0.359. The van der Waals surface area contributed by atoms with Crippen molar-refractivity contribution in [2.75, 3.05) is 13.7 Å². The van der Waals surface area contributed by atoms with Crippen LogP contribution in [0.25, 0.3) is 0 Å². The average Bonchev–Trinajstić information content (AvgIpc) is 2.51. The summed E-state index contributed by atoms with van der Waals surface area (Å²) in [5.41, 5.74) is 0. The summed E-state index contributed by atoms with van der Waals surface area (Å²) in [5.74, 6) is 0. The summed E-state index contributed by atoms with van der Waals surface area (Å²) in [6, 6.07) is 0. The van der Waals surface area contributed by atoms with Crippen LogP contribution in [0, 0.1) is 0 Å². The highest BCUT2D eigenvalue weighted by molar-refractivity contribution is 4.92. The van der Waals surface area contributed by atoms with Crippen molar-refractivity contribution in [2.24, 2.45) is 0 Å². The molecule has 2 saturated heterocycles. The number of ether oxygens (including phenoxy) is 4. The summed E-state index contributed by atoms with van der Waals surface area (Å²) in [7, 11) is 1.37. The molecule has 10 nitrogen and oxygen atoms in total. The van der Waals surface area contributed by atoms with Gasteiger partial charge in [0.25, 0.3) is 0 Å². The highest BCUT2D eigenvalue weighted by Gasteiger charge is 2.49. The van der Waals surface area contributed by atoms with Gasteiger partial charge in [0.2, 0.25) is 0 Å². The smallest absolute Gasteiger partial charge is 0.187 e. The first-order valence-corrected chi connectivity index (χ1v) is 7.31. The van der Waals surface area contributed by atoms with E-state index in [9.17, 15) is 30.6 Å². The highest BCUT2D eigenvalue weighted by atomic mass is 16.7. The molecule has 136 valence electrons. The minimum Gasteiger partial charge on any atom is -0.388 e. The van der Waals surface area contributed by atoms with Crippen molar-refractivity contribution in [3.05, 3.63) is 0 Å². The van der Waals surface area contributed by atoms with Gasteiger partial charge in [0.15, 0.2) is 12.6 Å². The monoisotopic (exact) mass is 340 g/mol. The van der Waals surface area contributed by atoms with Crippen molar-refractivity contribution >= 4 is 0 Å². The third kappa shape index (κ3) is 3.82. The first-order chi connectivity index (χ1) is 10.8. The zero-order valence-corrected chi connectivity index (χ0v) is 12.8. The second kappa shape index (κ2) is 7.66. The van der Waals surface area contributed by atoms with Gasteiger partial charge in [-0.1, -0.05) is 0 Å². The molecule has 2 fully saturated rings. The van der Waals surface area contributed by atoms with Crippen molar-refractivity contribution in [2.45, 2.75) is 68.3 Å². The number of rotatable bonds is 4. The summed E-state index contributed by atoms with van der Waals surface area (Å²) >= 11 is 0. The Morgan fingerprint density at radius 1 is 0.826 bits per heavy atom. The van der Waals surface area contributed by atoms with Gasteiger partial charge in [-0.15, -0.1) is 0 Å². The molecule has 0 aliphatic carbocycles. The third-order valence-corrected chi connectivity index (χ3v) is 4.09. The molecular weight excluding hydrogens is 316 g/mol. The topological polar surface area (TPSA) is 158 Å². The lowest BCUT2D eigenvalue weighted by Crippen LogP contribution is -2.63. The fourth-order valence-corrected chi connectivity index (χ4v) is 2.65. The molecule has 10 atom stereocenters. The summed E-state index contributed by atoms with van der Waals surface area (Å²) in [4.78, 5) is 0. The van der Waals surface area contributed by atoms with E-state index in [-0.39, 0.29) is 6.61 Å². The second-order valence-corrected chi connectivity index (χ2v) is 5.78. The Bertz CT molecular complexity index is 382. The molecule has 0 unspecified atom stereocenters. The maximum Gasteiger partial charge on any atom is 0.187 e. The molecule has 2 aliphatic rings. The van der Waals surface area contributed by atoms with Crippen LogP contribution in [0.3, 0.4) is 0 Å². The molecule has 10 heteroatoms. The van der Waals surface area contributed by atoms with Gasteiger partial charge < -0.3 is 49.6 Å². The van der Waals surface area contributed by atoms with E-state index in [1.54, 1.807) is 0 Å². The van der Waals surface area contributed by atoms with Crippen LogP contribution in [0.5, 0.6) is 0 Å². The van der Waals surface area contributed by atoms with Crippen LogP contribution in [-0.4, -0.2) is 106 Å². The predicted octanol–water partition coefficient (Wildman–Crippen LogP) is -3.72. The summed E-state index contributed by atoms with van der Waals surface area (Å²) in [6.45, 7) is 1.41. The van der Waals surface area contributed by atoms with Gasteiger partial charge in [0.1, 0.15) is 42.7 Å². The van der Waals surface area contributed by atoms with Crippen LogP contribution in [0.2, 0.25) is 0 Å². The quantitative estimate of drug-likeness (QED) is 0.300. The van der Waals surface area contributed by atoms with Gasteiger partial charge >= 0.3 is 0 Å². The van der Waals surface area contributed by atoms with Gasteiger partial charge in [0.05, 0.1) is 12.7 Å². The van der Waals surface area contributed by atoms with Gasteiger partial charge in [-0.25, -0.2) is 0 Å². The normalized spacial score (nSPS) is 51.7. The number of hydrogen-bond acceptors (Lipinski definition) is 10. The van der Waals surface area contributed by atoms with Crippen LogP contribution < -0.4 is 0 Å². The molecule has 0 spiro atoms. The van der Waals surface area contributed by atoms with Crippen LogP contribution in [0.4, 0.5) is 0 Å². The maximum absolute atomic E-state index is 10.1. The van der Waals surface area contributed by atoms with E-state index in [0.29, 0.717) is 0 Å². The largest absolute Gasteiger partial charge is 0.388 e. The van der Waals surface area contributed by atoms with Crippen molar-refractivity contribution in [3.8, 4) is 0 Å². The van der Waals surface area contributed by atoms with Gasteiger partial charge in [0, 0.05) is 7.11 Å². The van der Waals surface area contributed by atoms with Crippen LogP contribution in [0.1, 0.15) is 6.92 Å². The molecule has 2 aliphatic heterocycles. The lowest BCUT2D eigenvalue weighted by atomic mass is 9.97. The molecule has 6 N–H and O–H groups in total. The standard InChI is InChI=1S/C13H24O10/c1-4-6(14)8(16)10(18)13(21-4)23-11-9(17)7(15)5(3-20-2)22-12(11)19/h4-19H,3H2,1-2H3/t4-,5+,6+,7-,8+,9-,10-,11+,12+,13-/m0/s1. The van der Waals surface area contributed by atoms with Crippen LogP contribution >= 0.6 is 0 Å². The molecule has 23 heavy (non-hydrogen) atoms. The van der Waals surface area contributed by atoms with Gasteiger partial charge in [-0.3, -0.25) is 0 Å². The van der Waals surface area contributed by atoms with Crippen LogP contribution in [0.15, 0.2) is 0 Å². The van der Waals surface area contributed by atoms with E-state index >= 15 is 0 Å². The molecule has 0 amide bonds. The van der Waals surface area contributed by atoms with E-state index in [1.165, 1.54) is 14.0 Å². The summed E-state index contributed by atoms with van der Waals surface area (Å²) in [6.07, 6.45) is -13.6. The van der Waals surface area contributed by atoms with E-state index < -0.39 is 61.4 Å². The maximum atomic E-state index is 10.1. The Balaban J connectivity index is 2.04. The molecule has 0 aromatic carbocycles. The molecule has 0 bridgehead atoms. The SMILES string of the molecule is COC[C@H]1O[C@@H](O)[C@H](O[C@@H]2O[C@@H](C)[C@@H](O)[C@@H](O)[C@@H]2O)[C@@H](O)[C@H]1O. The second-order valence-electron chi connectivity index (χ2n) is 5.78. The van der Waals surface area contributed by atoms with Gasteiger partial charge in [-0.05, 0) is 6.92 Å². The Morgan fingerprint density at radius 3 is 2.09 bits per heavy atom. The zero-order valence-electron chi connectivity index (χ0n) is 12.8. The van der Waals surface area contributed by atoms with Crippen LogP contribution in [-0.2, 0) is 18.9 Å². The molecule has 0 aromatic rings. The third-order valence-electron chi connectivity index (χ3n) is 4.09. The molecule has 0 radical (unpaired) electrons. The number of hydrogen-bond donors (Lipinski definition) is 6. The Hall–Kier alpha value is -0.400. The van der Waals surface area contributed by atoms with E-state index in [2.05, 4.69) is 0 Å². The van der Waals surface area contributed by atoms with E-state index in [0.717, 1.165) is 0 Å². The Labute approximate surface area is 132 Å². The van der Waals surface area contributed by atoms with Crippen molar-refractivity contribution in [1.29, 1.82) is 0 Å². The molecule has 0 aromatic heterocycles. The van der Waals surface area contributed by atoms with Crippen molar-refractivity contribution in [1.82, 2.24) is 0 Å². The number of methoxy groups -OCH3 is 1. The van der Waals surface area contributed by atoms with Crippen molar-refractivity contribution < 1.29 is 49.6 Å². The lowest BCUT2D eigenvalue weighted by Gasteiger charge is -2.44. The fraction of sp³-hybridized carbons (Fsp3) is 1.00. The minimum absolute atomic E-state index is 0.0491. The summed E-state index contributed by atoms with van der Waals surface area (Å²) in [5, 5.41) is 59.2. The first-order valence-electron chi connectivity index (χ1n) is 7.31. The molecular formula is C13H24O10. The summed E-state index contributed by atoms with van der Waals surface area (Å²) < 4.78 is 20.4. The minimum atomic E-state index is -1.61. The highest BCUT2D eigenvalue weighted by Crippen LogP contribution is 2.28. The fourth-order valence-electron chi connectivity index (χ4n) is 2.65. The predicted molar refractivity (Wildman–Crippen MR) is 72.0 cm³/mol. The number of aliphatic hydroxyl groups is 6. The Kier molecular flexibility index (Phi) is 6.30. The van der Waals surface area contributed by atoms with E-state index in [4.69, 9.17) is 18.9 Å². The van der Waals surface area contributed by atoms with Gasteiger partial charge in [-0.2, -0.15) is 0 Å². The molecule has 2 rings (SSSR count). The average molecular weight is 340 g/mol.